The first-order valence-corrected chi connectivity index (χ1v) is 10.4. The highest BCUT2D eigenvalue weighted by Crippen LogP contribution is 2.34. The van der Waals surface area contributed by atoms with E-state index in [2.05, 4.69) is 4.90 Å². The number of para-hydroxylation sites is 1. The number of carbonyl (C=O) groups is 2. The average Bonchev–Trinajstić information content (AvgIpc) is 2.77. The minimum absolute atomic E-state index is 0.00729. The average molecular weight is 430 g/mol. The third kappa shape index (κ3) is 4.86. The molecule has 1 saturated heterocycles. The van der Waals surface area contributed by atoms with Crippen LogP contribution in [0.1, 0.15) is 0 Å². The van der Waals surface area contributed by atoms with Gasteiger partial charge in [0.1, 0.15) is 24.7 Å². The fourth-order valence-electron chi connectivity index (χ4n) is 3.61. The molecule has 0 N–H and O–H groups in total. The van der Waals surface area contributed by atoms with E-state index >= 15 is 0 Å². The molecule has 4 rings (SSSR count). The van der Waals surface area contributed by atoms with Gasteiger partial charge in [-0.2, -0.15) is 0 Å². The van der Waals surface area contributed by atoms with Crippen molar-refractivity contribution in [3.05, 3.63) is 53.6 Å². The summed E-state index contributed by atoms with van der Waals surface area (Å²) in [4.78, 5) is 30.7. The minimum Gasteiger partial charge on any atom is -0.492 e. The van der Waals surface area contributed by atoms with E-state index in [1.165, 1.54) is 4.90 Å². The molecule has 2 amide bonds. The highest BCUT2D eigenvalue weighted by Gasteiger charge is 2.30. The largest absolute Gasteiger partial charge is 0.492 e. The van der Waals surface area contributed by atoms with Gasteiger partial charge in [0, 0.05) is 37.7 Å². The van der Waals surface area contributed by atoms with Gasteiger partial charge in [-0.25, -0.2) is 0 Å². The molecule has 30 heavy (non-hydrogen) atoms. The second-order valence-electron chi connectivity index (χ2n) is 7.26. The van der Waals surface area contributed by atoms with Crippen LogP contribution >= 0.6 is 11.6 Å². The molecule has 0 spiro atoms. The fourth-order valence-corrected chi connectivity index (χ4v) is 3.78. The van der Waals surface area contributed by atoms with Crippen molar-refractivity contribution in [2.75, 3.05) is 57.4 Å². The van der Waals surface area contributed by atoms with Gasteiger partial charge in [-0.3, -0.25) is 19.4 Å². The van der Waals surface area contributed by atoms with E-state index in [-0.39, 0.29) is 25.0 Å². The van der Waals surface area contributed by atoms with E-state index in [0.29, 0.717) is 36.2 Å². The Kier molecular flexibility index (Phi) is 6.40. The molecule has 0 saturated carbocycles. The zero-order chi connectivity index (χ0) is 20.9. The highest BCUT2D eigenvalue weighted by molar-refractivity contribution is 6.31. The maximum atomic E-state index is 12.8. The highest BCUT2D eigenvalue weighted by atomic mass is 35.5. The van der Waals surface area contributed by atoms with Crippen LogP contribution in [0, 0.1) is 0 Å². The van der Waals surface area contributed by atoms with Crippen molar-refractivity contribution in [2.45, 2.75) is 0 Å². The summed E-state index contributed by atoms with van der Waals surface area (Å²) < 4.78 is 11.2. The second-order valence-corrected chi connectivity index (χ2v) is 7.70. The van der Waals surface area contributed by atoms with Crippen LogP contribution in [0.15, 0.2) is 48.5 Å². The number of rotatable bonds is 6. The number of carbonyl (C=O) groups excluding carboxylic acids is 2. The topological polar surface area (TPSA) is 62.3 Å². The van der Waals surface area contributed by atoms with Gasteiger partial charge in [0.05, 0.1) is 5.69 Å². The lowest BCUT2D eigenvalue weighted by molar-refractivity contribution is -0.133. The lowest BCUT2D eigenvalue weighted by Crippen LogP contribution is -2.53. The standard InChI is InChI=1S/C22H24ClN3O4/c23-17-6-7-20-19(14-17)26(22(28)16-30-20)15-21(27)25-10-8-24(9-11-25)12-13-29-18-4-2-1-3-5-18/h1-7,14H,8-13,15-16H2. The molecular weight excluding hydrogens is 406 g/mol. The number of amides is 2. The number of nitrogens with zero attached hydrogens (tertiary/aromatic N) is 3. The number of anilines is 1. The maximum Gasteiger partial charge on any atom is 0.265 e. The predicted octanol–water partition coefficient (Wildman–Crippen LogP) is 2.29. The number of hydrogen-bond acceptors (Lipinski definition) is 5. The van der Waals surface area contributed by atoms with Crippen LogP contribution < -0.4 is 14.4 Å². The first-order chi connectivity index (χ1) is 14.6. The summed E-state index contributed by atoms with van der Waals surface area (Å²) in [6.07, 6.45) is 0. The fraction of sp³-hybridized carbons (Fsp3) is 0.364. The van der Waals surface area contributed by atoms with Crippen molar-refractivity contribution in [1.29, 1.82) is 0 Å². The third-order valence-corrected chi connectivity index (χ3v) is 5.54. The van der Waals surface area contributed by atoms with Crippen molar-refractivity contribution in [3.8, 4) is 11.5 Å². The predicted molar refractivity (Wildman–Crippen MR) is 114 cm³/mol. The van der Waals surface area contributed by atoms with Gasteiger partial charge >= 0.3 is 0 Å². The Balaban J connectivity index is 1.27. The van der Waals surface area contributed by atoms with Gasteiger partial charge in [0.2, 0.25) is 5.91 Å². The summed E-state index contributed by atoms with van der Waals surface area (Å²) in [5.41, 5.74) is 0.545. The Labute approximate surface area is 180 Å². The molecule has 0 atom stereocenters. The van der Waals surface area contributed by atoms with Crippen molar-refractivity contribution < 1.29 is 19.1 Å². The van der Waals surface area contributed by atoms with Crippen LogP contribution in [0.5, 0.6) is 11.5 Å². The summed E-state index contributed by atoms with van der Waals surface area (Å²) in [5, 5.41) is 0.496. The molecule has 2 aliphatic heterocycles. The molecule has 158 valence electrons. The number of hydrogen-bond donors (Lipinski definition) is 0. The molecule has 0 unspecified atom stereocenters. The summed E-state index contributed by atoms with van der Waals surface area (Å²) >= 11 is 6.07. The first-order valence-electron chi connectivity index (χ1n) is 10.0. The Morgan fingerprint density at radius 2 is 1.83 bits per heavy atom. The SMILES string of the molecule is O=C(CN1C(=O)COc2ccc(Cl)cc21)N1CCN(CCOc2ccccc2)CC1. The van der Waals surface area contributed by atoms with E-state index in [4.69, 9.17) is 21.1 Å². The van der Waals surface area contributed by atoms with Crippen LogP contribution in [0.25, 0.3) is 0 Å². The third-order valence-electron chi connectivity index (χ3n) is 5.30. The maximum absolute atomic E-state index is 12.8. The molecule has 0 bridgehead atoms. The monoisotopic (exact) mass is 429 g/mol. The van der Waals surface area contributed by atoms with Crippen molar-refractivity contribution in [2.24, 2.45) is 0 Å². The van der Waals surface area contributed by atoms with Gasteiger partial charge < -0.3 is 14.4 Å². The lowest BCUT2D eigenvalue weighted by atomic mass is 10.2. The van der Waals surface area contributed by atoms with E-state index in [9.17, 15) is 9.59 Å². The van der Waals surface area contributed by atoms with Gasteiger partial charge in [-0.05, 0) is 30.3 Å². The summed E-state index contributed by atoms with van der Waals surface area (Å²) in [7, 11) is 0. The van der Waals surface area contributed by atoms with Crippen molar-refractivity contribution in [1.82, 2.24) is 9.80 Å². The molecular formula is C22H24ClN3O4. The summed E-state index contributed by atoms with van der Waals surface area (Å²) in [5.74, 6) is 1.11. The Morgan fingerprint density at radius 1 is 1.07 bits per heavy atom. The second kappa shape index (κ2) is 9.36. The minimum atomic E-state index is -0.241. The molecule has 2 aromatic carbocycles. The summed E-state index contributed by atoms with van der Waals surface area (Å²) in [6.45, 7) is 4.16. The molecule has 2 heterocycles. The van der Waals surface area contributed by atoms with Crippen molar-refractivity contribution in [3.63, 3.8) is 0 Å². The Morgan fingerprint density at radius 3 is 2.60 bits per heavy atom. The van der Waals surface area contributed by atoms with Crippen LogP contribution in [0.4, 0.5) is 5.69 Å². The van der Waals surface area contributed by atoms with Crippen molar-refractivity contribution >= 4 is 29.1 Å². The van der Waals surface area contributed by atoms with Crippen LogP contribution in [-0.4, -0.2) is 74.1 Å². The molecule has 7 nitrogen and oxygen atoms in total. The summed E-state index contributed by atoms with van der Waals surface area (Å²) in [6, 6.07) is 14.8. The molecule has 1 fully saturated rings. The lowest BCUT2D eigenvalue weighted by Gasteiger charge is -2.36. The van der Waals surface area contributed by atoms with Crippen LogP contribution in [0.3, 0.4) is 0 Å². The molecule has 0 aromatic heterocycles. The van der Waals surface area contributed by atoms with Gasteiger partial charge in [-0.15, -0.1) is 0 Å². The normalized spacial score (nSPS) is 16.8. The van der Waals surface area contributed by atoms with E-state index in [1.54, 1.807) is 18.2 Å². The Bertz CT molecular complexity index is 901. The zero-order valence-electron chi connectivity index (χ0n) is 16.6. The quantitative estimate of drug-likeness (QED) is 0.705. The molecule has 2 aromatic rings. The number of piperazine rings is 1. The van der Waals surface area contributed by atoms with Crippen LogP contribution in [0.2, 0.25) is 5.02 Å². The van der Waals surface area contributed by atoms with Crippen LogP contribution in [-0.2, 0) is 9.59 Å². The first kappa shape index (κ1) is 20.5. The number of ether oxygens (including phenoxy) is 2. The van der Waals surface area contributed by atoms with Gasteiger partial charge in [0.15, 0.2) is 6.61 Å². The van der Waals surface area contributed by atoms with Gasteiger partial charge in [-0.1, -0.05) is 29.8 Å². The number of fused-ring (bicyclic) bond motifs is 1. The smallest absolute Gasteiger partial charge is 0.265 e. The zero-order valence-corrected chi connectivity index (χ0v) is 17.4. The molecule has 8 heteroatoms. The number of benzene rings is 2. The van der Waals surface area contributed by atoms with E-state index in [1.807, 2.05) is 35.2 Å². The molecule has 0 aliphatic carbocycles. The Hall–Kier alpha value is -2.77. The molecule has 2 aliphatic rings. The van der Waals surface area contributed by atoms with E-state index < -0.39 is 0 Å². The molecule has 0 radical (unpaired) electrons. The number of halogens is 1. The van der Waals surface area contributed by atoms with E-state index in [0.717, 1.165) is 25.4 Å². The van der Waals surface area contributed by atoms with Gasteiger partial charge in [0.25, 0.3) is 5.91 Å².